The third-order valence-electron chi connectivity index (χ3n) is 4.83. The van der Waals surface area contributed by atoms with Crippen molar-refractivity contribution in [2.75, 3.05) is 18.9 Å². The fourth-order valence-corrected chi connectivity index (χ4v) is 3.86. The maximum atomic E-state index is 14.0. The molecule has 1 aliphatic carbocycles. The summed E-state index contributed by atoms with van der Waals surface area (Å²) in [6.45, 7) is 4.09. The first-order chi connectivity index (χ1) is 12.3. The molecule has 1 fully saturated rings. The van der Waals surface area contributed by atoms with Crippen molar-refractivity contribution in [3.63, 3.8) is 0 Å². The second-order valence-corrected chi connectivity index (χ2v) is 9.06. The molecule has 0 aliphatic heterocycles. The van der Waals surface area contributed by atoms with E-state index in [1.54, 1.807) is 6.92 Å². The lowest BCUT2D eigenvalue weighted by molar-refractivity contribution is 0.0376. The Balaban J connectivity index is 2.05. The third-order valence-corrected chi connectivity index (χ3v) is 6.24. The van der Waals surface area contributed by atoms with Crippen LogP contribution in [-0.2, 0) is 15.6 Å². The summed E-state index contributed by atoms with van der Waals surface area (Å²) < 4.78 is 46.2. The number of halogens is 1. The van der Waals surface area contributed by atoms with Crippen molar-refractivity contribution in [2.24, 2.45) is 5.92 Å². The molecular weight excluding hydrogens is 357 g/mol. The van der Waals surface area contributed by atoms with E-state index in [9.17, 15) is 17.9 Å². The molecule has 1 aliphatic rings. The van der Waals surface area contributed by atoms with E-state index < -0.39 is 21.4 Å². The van der Waals surface area contributed by atoms with Gasteiger partial charge in [-0.05, 0) is 49.3 Å². The van der Waals surface area contributed by atoms with Crippen LogP contribution in [0.1, 0.15) is 57.9 Å². The van der Waals surface area contributed by atoms with Gasteiger partial charge in [-0.2, -0.15) is 0 Å². The molecule has 0 radical (unpaired) electrons. The van der Waals surface area contributed by atoms with Gasteiger partial charge in [0.2, 0.25) is 10.0 Å². The van der Waals surface area contributed by atoms with Gasteiger partial charge in [0.25, 0.3) is 0 Å². The predicted octanol–water partition coefficient (Wildman–Crippen LogP) is 3.32. The number of hydrogen-bond donors (Lipinski definition) is 2. The van der Waals surface area contributed by atoms with Crippen LogP contribution >= 0.6 is 0 Å². The summed E-state index contributed by atoms with van der Waals surface area (Å²) >= 11 is 0. The molecule has 1 aromatic carbocycles. The lowest BCUT2D eigenvalue weighted by Gasteiger charge is -2.28. The van der Waals surface area contributed by atoms with E-state index in [0.717, 1.165) is 25.7 Å². The van der Waals surface area contributed by atoms with Crippen molar-refractivity contribution in [1.29, 1.82) is 0 Å². The first kappa shape index (κ1) is 21.1. The van der Waals surface area contributed by atoms with Gasteiger partial charge in [-0.15, -0.1) is 0 Å². The Kier molecular flexibility index (Phi) is 7.43. The number of rotatable bonds is 12. The SMILES string of the molecule is CCCCCS(=O)(=O)NC[C@](O)(CC)c1ccc(F)c(OCC2CC2)c1. The highest BCUT2D eigenvalue weighted by Gasteiger charge is 2.30. The topological polar surface area (TPSA) is 75.6 Å². The average molecular weight is 388 g/mol. The van der Waals surface area contributed by atoms with E-state index in [4.69, 9.17) is 4.74 Å². The first-order valence-electron chi connectivity index (χ1n) is 9.42. The Morgan fingerprint density at radius 3 is 2.65 bits per heavy atom. The zero-order valence-corrected chi connectivity index (χ0v) is 16.4. The Morgan fingerprint density at radius 1 is 1.31 bits per heavy atom. The summed E-state index contributed by atoms with van der Waals surface area (Å²) in [5.41, 5.74) is -0.966. The van der Waals surface area contributed by atoms with Crippen LogP contribution in [0.4, 0.5) is 4.39 Å². The maximum absolute atomic E-state index is 14.0. The van der Waals surface area contributed by atoms with Crippen LogP contribution in [0.2, 0.25) is 0 Å². The highest BCUT2D eigenvalue weighted by atomic mass is 32.2. The van der Waals surface area contributed by atoms with Crippen molar-refractivity contribution in [3.05, 3.63) is 29.6 Å². The monoisotopic (exact) mass is 387 g/mol. The van der Waals surface area contributed by atoms with Gasteiger partial charge in [-0.3, -0.25) is 0 Å². The number of nitrogens with one attached hydrogen (secondary N) is 1. The molecule has 0 bridgehead atoms. The summed E-state index contributed by atoms with van der Waals surface area (Å²) in [7, 11) is -3.45. The molecule has 1 aromatic rings. The minimum Gasteiger partial charge on any atom is -0.490 e. The lowest BCUT2D eigenvalue weighted by atomic mass is 9.91. The third kappa shape index (κ3) is 6.21. The molecule has 2 N–H and O–H groups in total. The number of sulfonamides is 1. The Morgan fingerprint density at radius 2 is 2.04 bits per heavy atom. The highest BCUT2D eigenvalue weighted by Crippen LogP contribution is 2.32. The molecule has 1 saturated carbocycles. The van der Waals surface area contributed by atoms with Crippen molar-refractivity contribution in [3.8, 4) is 5.75 Å². The molecule has 1 atom stereocenters. The molecule has 0 spiro atoms. The number of benzene rings is 1. The first-order valence-corrected chi connectivity index (χ1v) is 11.1. The van der Waals surface area contributed by atoms with Crippen LogP contribution in [0.25, 0.3) is 0 Å². The summed E-state index contributed by atoms with van der Waals surface area (Å²) in [4.78, 5) is 0. The van der Waals surface area contributed by atoms with Crippen LogP contribution in [-0.4, -0.2) is 32.4 Å². The quantitative estimate of drug-likeness (QED) is 0.540. The van der Waals surface area contributed by atoms with Crippen LogP contribution in [0, 0.1) is 11.7 Å². The molecule has 0 heterocycles. The predicted molar refractivity (Wildman–Crippen MR) is 100 cm³/mol. The fourth-order valence-electron chi connectivity index (χ4n) is 2.67. The molecule has 26 heavy (non-hydrogen) atoms. The van der Waals surface area contributed by atoms with Crippen molar-refractivity contribution in [2.45, 2.75) is 58.0 Å². The summed E-state index contributed by atoms with van der Waals surface area (Å²) in [5, 5.41) is 10.9. The van der Waals surface area contributed by atoms with E-state index >= 15 is 0 Å². The lowest BCUT2D eigenvalue weighted by Crippen LogP contribution is -2.41. The molecule has 5 nitrogen and oxygen atoms in total. The molecule has 0 saturated heterocycles. The Bertz CT molecular complexity index is 691. The molecule has 148 valence electrons. The molecule has 7 heteroatoms. The van der Waals surface area contributed by atoms with Crippen LogP contribution in [0.5, 0.6) is 5.75 Å². The van der Waals surface area contributed by atoms with Gasteiger partial charge in [0.05, 0.1) is 12.4 Å². The van der Waals surface area contributed by atoms with Gasteiger partial charge in [0.1, 0.15) is 5.60 Å². The van der Waals surface area contributed by atoms with Gasteiger partial charge in [0, 0.05) is 6.54 Å². The Labute approximate surface area is 156 Å². The summed E-state index contributed by atoms with van der Waals surface area (Å²) in [6, 6.07) is 4.22. The van der Waals surface area contributed by atoms with Crippen LogP contribution < -0.4 is 9.46 Å². The van der Waals surface area contributed by atoms with E-state index in [1.807, 2.05) is 6.92 Å². The van der Waals surface area contributed by atoms with Gasteiger partial charge < -0.3 is 9.84 Å². The second-order valence-electron chi connectivity index (χ2n) is 7.13. The molecule has 0 aromatic heterocycles. The number of ether oxygens (including phenoxy) is 1. The van der Waals surface area contributed by atoms with Crippen molar-refractivity contribution in [1.82, 2.24) is 4.72 Å². The van der Waals surface area contributed by atoms with Crippen LogP contribution in [0.3, 0.4) is 0 Å². The van der Waals surface area contributed by atoms with Gasteiger partial charge in [0.15, 0.2) is 11.6 Å². The van der Waals surface area contributed by atoms with E-state index in [-0.39, 0.29) is 24.5 Å². The number of unbranched alkanes of at least 4 members (excludes halogenated alkanes) is 2. The molecule has 0 amide bonds. The molecule has 2 rings (SSSR count). The zero-order chi connectivity index (χ0) is 19.2. The van der Waals surface area contributed by atoms with E-state index in [1.165, 1.54) is 18.2 Å². The molecular formula is C19H30FNO4S. The second kappa shape index (κ2) is 9.15. The van der Waals surface area contributed by atoms with Crippen molar-refractivity contribution < 1.29 is 22.7 Å². The average Bonchev–Trinajstić information content (AvgIpc) is 3.43. The van der Waals surface area contributed by atoms with Gasteiger partial charge >= 0.3 is 0 Å². The number of hydrogen-bond acceptors (Lipinski definition) is 4. The van der Waals surface area contributed by atoms with Gasteiger partial charge in [-0.1, -0.05) is 32.8 Å². The van der Waals surface area contributed by atoms with Crippen molar-refractivity contribution >= 4 is 10.0 Å². The smallest absolute Gasteiger partial charge is 0.211 e. The maximum Gasteiger partial charge on any atom is 0.211 e. The standard InChI is InChI=1S/C19H30FNO4S/c1-3-5-6-11-26(23,24)21-14-19(22,4-2)16-9-10-17(20)18(12-16)25-13-15-7-8-15/h9-10,12,15,21-22H,3-8,11,13-14H2,1-2H3/t19-/m1/s1. The summed E-state index contributed by atoms with van der Waals surface area (Å²) in [5.74, 6) is 0.151. The molecule has 0 unspecified atom stereocenters. The van der Waals surface area contributed by atoms with E-state index in [2.05, 4.69) is 4.72 Å². The highest BCUT2D eigenvalue weighted by molar-refractivity contribution is 7.89. The fraction of sp³-hybridized carbons (Fsp3) is 0.684. The van der Waals surface area contributed by atoms with E-state index in [0.29, 0.717) is 24.5 Å². The normalized spacial score (nSPS) is 17.1. The number of aliphatic hydroxyl groups is 1. The Hall–Kier alpha value is -1.18. The minimum atomic E-state index is -3.45. The largest absolute Gasteiger partial charge is 0.490 e. The van der Waals surface area contributed by atoms with Gasteiger partial charge in [-0.25, -0.2) is 17.5 Å². The van der Waals surface area contributed by atoms with Crippen LogP contribution in [0.15, 0.2) is 18.2 Å². The zero-order valence-electron chi connectivity index (χ0n) is 15.6. The minimum absolute atomic E-state index is 0.0415. The summed E-state index contributed by atoms with van der Waals surface area (Å²) in [6.07, 6.45) is 4.86.